The number of rotatable bonds is 3. The van der Waals surface area contributed by atoms with Crippen molar-refractivity contribution in [1.82, 2.24) is 0 Å². The van der Waals surface area contributed by atoms with Crippen LogP contribution in [0.5, 0.6) is 11.5 Å². The molecule has 0 amide bonds. The van der Waals surface area contributed by atoms with E-state index in [9.17, 15) is 0 Å². The molecule has 82 valence electrons. The van der Waals surface area contributed by atoms with E-state index in [1.807, 2.05) is 19.1 Å². The van der Waals surface area contributed by atoms with Gasteiger partial charge in [0.15, 0.2) is 0 Å². The van der Waals surface area contributed by atoms with Crippen molar-refractivity contribution in [2.45, 2.75) is 25.3 Å². The van der Waals surface area contributed by atoms with E-state index in [4.69, 9.17) is 15.2 Å². The maximum absolute atomic E-state index is 6.18. The monoisotopic (exact) mass is 207 g/mol. The first-order valence-corrected chi connectivity index (χ1v) is 5.13. The molecular weight excluding hydrogens is 190 g/mol. The SMILES string of the molecule is COc1ccc(C2(N)CC2)c(OC)c1C. The van der Waals surface area contributed by atoms with Gasteiger partial charge in [-0.1, -0.05) is 0 Å². The van der Waals surface area contributed by atoms with E-state index in [1.165, 1.54) is 0 Å². The van der Waals surface area contributed by atoms with Crippen LogP contribution >= 0.6 is 0 Å². The summed E-state index contributed by atoms with van der Waals surface area (Å²) in [7, 11) is 3.34. The van der Waals surface area contributed by atoms with Gasteiger partial charge in [0.05, 0.1) is 14.2 Å². The summed E-state index contributed by atoms with van der Waals surface area (Å²) in [5, 5.41) is 0. The molecule has 0 heterocycles. The van der Waals surface area contributed by atoms with Gasteiger partial charge in [0.25, 0.3) is 0 Å². The van der Waals surface area contributed by atoms with Gasteiger partial charge < -0.3 is 15.2 Å². The molecule has 1 aliphatic rings. The Kier molecular flexibility index (Phi) is 2.35. The lowest BCUT2D eigenvalue weighted by Gasteiger charge is -2.18. The van der Waals surface area contributed by atoms with Crippen LogP contribution in [-0.4, -0.2) is 14.2 Å². The lowest BCUT2D eigenvalue weighted by molar-refractivity contribution is 0.382. The average molecular weight is 207 g/mol. The largest absolute Gasteiger partial charge is 0.496 e. The third kappa shape index (κ3) is 1.57. The topological polar surface area (TPSA) is 44.5 Å². The summed E-state index contributed by atoms with van der Waals surface area (Å²) in [6, 6.07) is 3.97. The molecule has 3 nitrogen and oxygen atoms in total. The third-order valence-corrected chi connectivity index (χ3v) is 3.11. The second kappa shape index (κ2) is 3.42. The van der Waals surface area contributed by atoms with Crippen LogP contribution in [-0.2, 0) is 5.54 Å². The molecule has 1 fully saturated rings. The lowest BCUT2D eigenvalue weighted by Crippen LogP contribution is -2.20. The fourth-order valence-electron chi connectivity index (χ4n) is 1.95. The number of benzene rings is 1. The Morgan fingerprint density at radius 3 is 2.33 bits per heavy atom. The summed E-state index contributed by atoms with van der Waals surface area (Å²) >= 11 is 0. The van der Waals surface area contributed by atoms with E-state index in [0.29, 0.717) is 0 Å². The molecule has 15 heavy (non-hydrogen) atoms. The zero-order chi connectivity index (χ0) is 11.1. The molecule has 0 aromatic heterocycles. The van der Waals surface area contributed by atoms with Crippen LogP contribution in [0.4, 0.5) is 0 Å². The number of nitrogens with two attached hydrogens (primary N) is 1. The maximum Gasteiger partial charge on any atom is 0.130 e. The highest BCUT2D eigenvalue weighted by molar-refractivity contribution is 5.53. The first-order chi connectivity index (χ1) is 7.12. The second-order valence-electron chi connectivity index (χ2n) is 4.13. The second-order valence-corrected chi connectivity index (χ2v) is 4.13. The minimum Gasteiger partial charge on any atom is -0.496 e. The van der Waals surface area contributed by atoms with Crippen molar-refractivity contribution in [3.05, 3.63) is 23.3 Å². The van der Waals surface area contributed by atoms with Gasteiger partial charge in [-0.15, -0.1) is 0 Å². The van der Waals surface area contributed by atoms with Crippen molar-refractivity contribution in [2.24, 2.45) is 5.73 Å². The molecular formula is C12H17NO2. The first kappa shape index (κ1) is 10.3. The highest BCUT2D eigenvalue weighted by atomic mass is 16.5. The summed E-state index contributed by atoms with van der Waals surface area (Å²) in [4.78, 5) is 0. The van der Waals surface area contributed by atoms with Gasteiger partial charge >= 0.3 is 0 Å². The van der Waals surface area contributed by atoms with Crippen molar-refractivity contribution < 1.29 is 9.47 Å². The van der Waals surface area contributed by atoms with Crippen LogP contribution in [0, 0.1) is 6.92 Å². The van der Waals surface area contributed by atoms with E-state index < -0.39 is 0 Å². The molecule has 0 saturated heterocycles. The van der Waals surface area contributed by atoms with E-state index in [2.05, 4.69) is 0 Å². The number of hydrogen-bond donors (Lipinski definition) is 1. The van der Waals surface area contributed by atoms with Crippen LogP contribution in [0.1, 0.15) is 24.0 Å². The normalized spacial score (nSPS) is 17.3. The summed E-state index contributed by atoms with van der Waals surface area (Å²) in [6.45, 7) is 1.99. The average Bonchev–Trinajstić information content (AvgIpc) is 2.97. The van der Waals surface area contributed by atoms with Gasteiger partial charge in [0, 0.05) is 16.7 Å². The first-order valence-electron chi connectivity index (χ1n) is 5.13. The molecule has 1 aliphatic carbocycles. The molecule has 0 atom stereocenters. The van der Waals surface area contributed by atoms with Crippen molar-refractivity contribution in [3.63, 3.8) is 0 Å². The molecule has 0 aliphatic heterocycles. The van der Waals surface area contributed by atoms with Gasteiger partial charge in [0.1, 0.15) is 11.5 Å². The Labute approximate surface area is 90.2 Å². The summed E-state index contributed by atoms with van der Waals surface area (Å²) in [6.07, 6.45) is 2.07. The highest BCUT2D eigenvalue weighted by Crippen LogP contribution is 2.48. The van der Waals surface area contributed by atoms with Crippen molar-refractivity contribution >= 4 is 0 Å². The van der Waals surface area contributed by atoms with E-state index in [1.54, 1.807) is 14.2 Å². The molecule has 0 bridgehead atoms. The number of hydrogen-bond acceptors (Lipinski definition) is 3. The maximum atomic E-state index is 6.18. The third-order valence-electron chi connectivity index (χ3n) is 3.11. The van der Waals surface area contributed by atoms with Crippen molar-refractivity contribution in [3.8, 4) is 11.5 Å². The standard InChI is InChI=1S/C12H17NO2/c1-8-10(14-2)5-4-9(11(8)15-3)12(13)6-7-12/h4-5H,6-7,13H2,1-3H3. The molecule has 2 rings (SSSR count). The van der Waals surface area contributed by atoms with E-state index in [-0.39, 0.29) is 5.54 Å². The Hall–Kier alpha value is -1.22. The molecule has 1 aromatic rings. The fraction of sp³-hybridized carbons (Fsp3) is 0.500. The van der Waals surface area contributed by atoms with Crippen LogP contribution in [0.25, 0.3) is 0 Å². The van der Waals surface area contributed by atoms with Crippen LogP contribution in [0.2, 0.25) is 0 Å². The Morgan fingerprint density at radius 2 is 1.87 bits per heavy atom. The number of ether oxygens (including phenoxy) is 2. The predicted octanol–water partition coefficient (Wildman–Crippen LogP) is 1.96. The lowest BCUT2D eigenvalue weighted by atomic mass is 10.0. The molecule has 0 radical (unpaired) electrons. The fourth-order valence-corrected chi connectivity index (χ4v) is 1.95. The summed E-state index contributed by atoms with van der Waals surface area (Å²) in [5.74, 6) is 1.72. The number of methoxy groups -OCH3 is 2. The van der Waals surface area contributed by atoms with Gasteiger partial charge in [-0.25, -0.2) is 0 Å². The minimum atomic E-state index is -0.164. The molecule has 3 heteroatoms. The molecule has 1 aromatic carbocycles. The van der Waals surface area contributed by atoms with Gasteiger partial charge in [-0.2, -0.15) is 0 Å². The van der Waals surface area contributed by atoms with Gasteiger partial charge in [-0.3, -0.25) is 0 Å². The highest BCUT2D eigenvalue weighted by Gasteiger charge is 2.42. The zero-order valence-corrected chi connectivity index (χ0v) is 9.46. The minimum absolute atomic E-state index is 0.164. The predicted molar refractivity (Wildman–Crippen MR) is 59.4 cm³/mol. The van der Waals surface area contributed by atoms with Crippen LogP contribution in [0.3, 0.4) is 0 Å². The van der Waals surface area contributed by atoms with Gasteiger partial charge in [0.2, 0.25) is 0 Å². The van der Waals surface area contributed by atoms with Crippen LogP contribution < -0.4 is 15.2 Å². The molecule has 0 unspecified atom stereocenters. The Balaban J connectivity index is 2.52. The Morgan fingerprint density at radius 1 is 1.20 bits per heavy atom. The van der Waals surface area contributed by atoms with Crippen molar-refractivity contribution in [1.29, 1.82) is 0 Å². The molecule has 1 saturated carbocycles. The summed E-state index contributed by atoms with van der Waals surface area (Å²) in [5.41, 5.74) is 8.14. The molecule has 0 spiro atoms. The quantitative estimate of drug-likeness (QED) is 0.824. The van der Waals surface area contributed by atoms with Gasteiger partial charge in [-0.05, 0) is 31.9 Å². The summed E-state index contributed by atoms with van der Waals surface area (Å²) < 4.78 is 10.7. The van der Waals surface area contributed by atoms with E-state index in [0.717, 1.165) is 35.5 Å². The molecule has 2 N–H and O–H groups in total. The van der Waals surface area contributed by atoms with E-state index >= 15 is 0 Å². The Bertz CT molecular complexity index is 383. The van der Waals surface area contributed by atoms with Crippen molar-refractivity contribution in [2.75, 3.05) is 14.2 Å². The van der Waals surface area contributed by atoms with Crippen LogP contribution in [0.15, 0.2) is 12.1 Å². The smallest absolute Gasteiger partial charge is 0.130 e. The zero-order valence-electron chi connectivity index (χ0n) is 9.46.